The van der Waals surface area contributed by atoms with E-state index >= 15 is 0 Å². The summed E-state index contributed by atoms with van der Waals surface area (Å²) in [6.07, 6.45) is -4.81. The van der Waals surface area contributed by atoms with Gasteiger partial charge in [-0.15, -0.1) is 0 Å². The predicted octanol–water partition coefficient (Wildman–Crippen LogP) is 4.14. The summed E-state index contributed by atoms with van der Waals surface area (Å²) in [5.74, 6) is 0.784. The Morgan fingerprint density at radius 3 is 2.32 bits per heavy atom. The summed E-state index contributed by atoms with van der Waals surface area (Å²) in [5, 5.41) is 7.30. The highest BCUT2D eigenvalue weighted by Crippen LogP contribution is 2.27. The number of halogens is 4. The molecule has 0 amide bonds. The highest BCUT2D eigenvalue weighted by Gasteiger charge is 2.22. The van der Waals surface area contributed by atoms with Crippen LogP contribution in [0.15, 0.2) is 58.5 Å². The molecule has 1 heterocycles. The van der Waals surface area contributed by atoms with Gasteiger partial charge >= 0.3 is 0 Å². The van der Waals surface area contributed by atoms with Crippen LogP contribution in [0.1, 0.15) is 35.4 Å². The van der Waals surface area contributed by atoms with Crippen molar-refractivity contribution in [2.24, 2.45) is 5.10 Å². The minimum atomic E-state index is -3.94. The number of hydrogen-bond acceptors (Lipinski definition) is 6. The molecule has 0 aliphatic heterocycles. The summed E-state index contributed by atoms with van der Waals surface area (Å²) >= 11 is 0. The molecule has 0 radical (unpaired) electrons. The van der Waals surface area contributed by atoms with E-state index in [1.54, 1.807) is 6.07 Å². The van der Waals surface area contributed by atoms with Crippen LogP contribution in [0.5, 0.6) is 11.5 Å². The fraction of sp³-hybridized carbons (Fsp3) is 0.238. The van der Waals surface area contributed by atoms with Crippen LogP contribution in [0.2, 0.25) is 0 Å². The quantitative estimate of drug-likeness (QED) is 0.257. The van der Waals surface area contributed by atoms with E-state index in [9.17, 15) is 26.0 Å². The smallest absolute Gasteiger partial charge is 0.282 e. The Bertz CT molecular complexity index is 1260. The van der Waals surface area contributed by atoms with Crippen molar-refractivity contribution in [1.29, 1.82) is 0 Å². The van der Waals surface area contributed by atoms with E-state index in [-0.39, 0.29) is 11.4 Å². The van der Waals surface area contributed by atoms with Gasteiger partial charge in [0.25, 0.3) is 22.9 Å². The van der Waals surface area contributed by atoms with Crippen molar-refractivity contribution in [2.75, 3.05) is 14.2 Å². The number of nitrogens with one attached hydrogen (secondary N) is 1. The zero-order valence-corrected chi connectivity index (χ0v) is 18.8. The molecule has 0 spiro atoms. The molecule has 0 atom stereocenters. The Kier molecular flexibility index (Phi) is 7.76. The van der Waals surface area contributed by atoms with Crippen LogP contribution >= 0.6 is 0 Å². The van der Waals surface area contributed by atoms with Crippen molar-refractivity contribution in [3.8, 4) is 11.5 Å². The minimum Gasteiger partial charge on any atom is -0.497 e. The number of rotatable bonds is 10. The summed E-state index contributed by atoms with van der Waals surface area (Å²) < 4.78 is 88.2. The maximum atomic E-state index is 13.3. The van der Waals surface area contributed by atoms with E-state index in [0.717, 1.165) is 4.68 Å². The van der Waals surface area contributed by atoms with Gasteiger partial charge in [0.15, 0.2) is 0 Å². The molecule has 0 saturated heterocycles. The third-order valence-electron chi connectivity index (χ3n) is 4.66. The molecule has 2 aromatic carbocycles. The van der Waals surface area contributed by atoms with Gasteiger partial charge in [0.1, 0.15) is 22.9 Å². The maximum Gasteiger partial charge on any atom is 0.282 e. The molecule has 3 rings (SSSR count). The Hall–Kier alpha value is -3.61. The molecule has 8 nitrogen and oxygen atoms in total. The molecule has 1 aromatic heterocycles. The Morgan fingerprint density at radius 1 is 1.03 bits per heavy atom. The molecule has 0 unspecified atom stereocenters. The van der Waals surface area contributed by atoms with Crippen LogP contribution in [0, 0.1) is 0 Å². The van der Waals surface area contributed by atoms with E-state index in [2.05, 4.69) is 15.0 Å². The highest BCUT2D eigenvalue weighted by molar-refractivity contribution is 7.89. The van der Waals surface area contributed by atoms with Crippen molar-refractivity contribution in [1.82, 2.24) is 14.6 Å². The summed E-state index contributed by atoms with van der Waals surface area (Å²) in [7, 11) is -1.13. The van der Waals surface area contributed by atoms with Crippen molar-refractivity contribution >= 4 is 16.2 Å². The lowest BCUT2D eigenvalue weighted by Gasteiger charge is -2.12. The SMILES string of the molecule is COc1ccc(S(=O)(=O)N/N=C/c2ccc(OC)c(Cn3nc(C(F)F)cc3C(F)F)c2)cc1. The number of aromatic nitrogens is 2. The molecule has 34 heavy (non-hydrogen) atoms. The second kappa shape index (κ2) is 10.5. The van der Waals surface area contributed by atoms with Gasteiger partial charge in [0.2, 0.25) is 0 Å². The number of hydrazone groups is 1. The van der Waals surface area contributed by atoms with Crippen molar-refractivity contribution < 1.29 is 35.5 Å². The van der Waals surface area contributed by atoms with Crippen molar-refractivity contribution in [2.45, 2.75) is 24.3 Å². The summed E-state index contributed by atoms with van der Waals surface area (Å²) in [4.78, 5) is 2.03. The first-order chi connectivity index (χ1) is 16.1. The molecule has 1 N–H and O–H groups in total. The van der Waals surface area contributed by atoms with Crippen molar-refractivity contribution in [3.05, 3.63) is 71.0 Å². The monoisotopic (exact) mass is 500 g/mol. The van der Waals surface area contributed by atoms with Gasteiger partial charge in [0, 0.05) is 5.56 Å². The fourth-order valence-corrected chi connectivity index (χ4v) is 3.79. The Morgan fingerprint density at radius 2 is 1.74 bits per heavy atom. The first kappa shape index (κ1) is 25.0. The molecule has 0 aliphatic carbocycles. The van der Waals surface area contributed by atoms with Crippen LogP contribution in [-0.4, -0.2) is 38.6 Å². The minimum absolute atomic E-state index is 0.0334. The average molecular weight is 500 g/mol. The molecule has 0 aliphatic rings. The molecule has 182 valence electrons. The van der Waals surface area contributed by atoms with Gasteiger partial charge in [-0.3, -0.25) is 4.68 Å². The molecular formula is C21H20F4N4O4S. The number of ether oxygens (including phenoxy) is 2. The lowest BCUT2D eigenvalue weighted by atomic mass is 10.1. The first-order valence-corrected chi connectivity index (χ1v) is 11.1. The second-order valence-electron chi connectivity index (χ2n) is 6.85. The fourth-order valence-electron chi connectivity index (χ4n) is 3.00. The van der Waals surface area contributed by atoms with Crippen LogP contribution < -0.4 is 14.3 Å². The van der Waals surface area contributed by atoms with Gasteiger partial charge in [-0.05, 0) is 54.1 Å². The molecule has 13 heteroatoms. The molecular weight excluding hydrogens is 480 g/mol. The van der Waals surface area contributed by atoms with Gasteiger partial charge < -0.3 is 9.47 Å². The van der Waals surface area contributed by atoms with E-state index in [1.807, 2.05) is 0 Å². The zero-order chi connectivity index (χ0) is 24.9. The number of benzene rings is 2. The Balaban J connectivity index is 1.82. The third kappa shape index (κ3) is 5.84. The third-order valence-corrected chi connectivity index (χ3v) is 5.90. The summed E-state index contributed by atoms with van der Waals surface area (Å²) in [5.41, 5.74) is -0.688. The number of methoxy groups -OCH3 is 2. The van der Waals surface area contributed by atoms with E-state index in [4.69, 9.17) is 9.47 Å². The van der Waals surface area contributed by atoms with Crippen LogP contribution in [0.25, 0.3) is 0 Å². The number of nitrogens with zero attached hydrogens (tertiary/aromatic N) is 3. The molecule has 0 saturated carbocycles. The van der Waals surface area contributed by atoms with Gasteiger partial charge in [0.05, 0.1) is 31.9 Å². The predicted molar refractivity (Wildman–Crippen MR) is 115 cm³/mol. The largest absolute Gasteiger partial charge is 0.497 e. The molecule has 0 fully saturated rings. The summed E-state index contributed by atoms with van der Waals surface area (Å²) in [6.45, 7) is -0.283. The standard InChI is InChI=1S/C21H20F4N4O4S/c1-32-15-4-6-16(7-5-15)34(30,31)28-26-11-13-3-8-19(33-2)14(9-13)12-29-18(21(24)25)10-17(27-29)20(22)23/h3-11,20-21,28H,12H2,1-2H3/b26-11+. The van der Waals surface area contributed by atoms with Crippen LogP contribution in [-0.2, 0) is 16.6 Å². The topological polar surface area (TPSA) is 94.8 Å². The normalized spacial score (nSPS) is 12.0. The number of hydrogen-bond donors (Lipinski definition) is 1. The molecule has 3 aromatic rings. The van der Waals surface area contributed by atoms with Gasteiger partial charge in [-0.1, -0.05) is 0 Å². The lowest BCUT2D eigenvalue weighted by molar-refractivity contribution is 0.139. The lowest BCUT2D eigenvalue weighted by Crippen LogP contribution is -2.18. The maximum absolute atomic E-state index is 13.3. The average Bonchev–Trinajstić information content (AvgIpc) is 3.24. The van der Waals surface area contributed by atoms with Crippen molar-refractivity contribution in [3.63, 3.8) is 0 Å². The van der Waals surface area contributed by atoms with E-state index in [1.165, 1.54) is 56.8 Å². The molecule has 0 bridgehead atoms. The van der Waals surface area contributed by atoms with E-state index < -0.39 is 34.3 Å². The number of sulfonamides is 1. The second-order valence-corrected chi connectivity index (χ2v) is 8.51. The summed E-state index contributed by atoms with van der Waals surface area (Å²) in [6, 6.07) is 10.9. The van der Waals surface area contributed by atoms with Crippen LogP contribution in [0.3, 0.4) is 0 Å². The first-order valence-electron chi connectivity index (χ1n) is 9.64. The highest BCUT2D eigenvalue weighted by atomic mass is 32.2. The zero-order valence-electron chi connectivity index (χ0n) is 18.0. The van der Waals surface area contributed by atoms with Crippen LogP contribution in [0.4, 0.5) is 17.6 Å². The van der Waals surface area contributed by atoms with Gasteiger partial charge in [-0.2, -0.15) is 18.6 Å². The van der Waals surface area contributed by atoms with E-state index in [0.29, 0.717) is 28.7 Å². The Labute approximate surface area is 192 Å². The van der Waals surface area contributed by atoms with Gasteiger partial charge in [-0.25, -0.2) is 22.4 Å². The number of alkyl halides is 4.